The molecule has 0 radical (unpaired) electrons. The number of hydrogen-bond acceptors (Lipinski definition) is 5. The third-order valence-corrected chi connectivity index (χ3v) is 4.75. The van der Waals surface area contributed by atoms with E-state index >= 15 is 0 Å². The summed E-state index contributed by atoms with van der Waals surface area (Å²) in [7, 11) is -2.80. The summed E-state index contributed by atoms with van der Waals surface area (Å²) in [5, 5.41) is 9.67. The van der Waals surface area contributed by atoms with Crippen molar-refractivity contribution < 1.29 is 17.5 Å². The zero-order valence-corrected chi connectivity index (χ0v) is 11.7. The molecule has 1 aromatic carbocycles. The van der Waals surface area contributed by atoms with Crippen LogP contribution < -0.4 is 0 Å². The first kappa shape index (κ1) is 15.6. The minimum Gasteiger partial charge on any atom is -0.273 e. The molecule has 0 saturated heterocycles. The van der Waals surface area contributed by atoms with Gasteiger partial charge in [-0.05, 0) is 12.0 Å². The maximum Gasteiger partial charge on any atom is 0.274 e. The van der Waals surface area contributed by atoms with Gasteiger partial charge in [-0.2, -0.15) is 8.42 Å². The minimum atomic E-state index is -3.87. The van der Waals surface area contributed by atoms with Crippen molar-refractivity contribution in [2.75, 3.05) is 13.7 Å². The van der Waals surface area contributed by atoms with Crippen LogP contribution in [0.15, 0.2) is 30.3 Å². The molecule has 19 heavy (non-hydrogen) atoms. The molecule has 7 heteroatoms. The van der Waals surface area contributed by atoms with E-state index in [1.165, 1.54) is 0 Å². The molecular formula is C12H17NO5S. The first-order chi connectivity index (χ1) is 8.92. The summed E-state index contributed by atoms with van der Waals surface area (Å²) in [6.45, 7) is 1.33. The Morgan fingerprint density at radius 3 is 2.32 bits per heavy atom. The molecule has 0 unspecified atom stereocenters. The highest BCUT2D eigenvalue weighted by Gasteiger charge is 2.37. The fourth-order valence-electron chi connectivity index (χ4n) is 2.05. The zero-order valence-electron chi connectivity index (χ0n) is 10.9. The topological polar surface area (TPSA) is 86.5 Å². The van der Waals surface area contributed by atoms with Gasteiger partial charge in [-0.3, -0.25) is 14.3 Å². The molecule has 0 spiro atoms. The number of benzene rings is 1. The average molecular weight is 287 g/mol. The lowest BCUT2D eigenvalue weighted by Crippen LogP contribution is -2.28. The van der Waals surface area contributed by atoms with E-state index in [-0.39, 0.29) is 0 Å². The summed E-state index contributed by atoms with van der Waals surface area (Å²) in [5.74, 6) is -0.623. The molecule has 0 aliphatic rings. The molecule has 0 heterocycles. The molecule has 0 aromatic heterocycles. The van der Waals surface area contributed by atoms with Crippen LogP contribution in [0.4, 0.5) is 0 Å². The van der Waals surface area contributed by atoms with Crippen LogP contribution >= 0.6 is 0 Å². The first-order valence-corrected chi connectivity index (χ1v) is 7.35. The van der Waals surface area contributed by atoms with Crippen LogP contribution in [0.5, 0.6) is 0 Å². The molecule has 1 aromatic rings. The lowest BCUT2D eigenvalue weighted by atomic mass is 9.96. The highest BCUT2D eigenvalue weighted by Crippen LogP contribution is 2.33. The van der Waals surface area contributed by atoms with Crippen molar-refractivity contribution in [2.24, 2.45) is 5.92 Å². The van der Waals surface area contributed by atoms with Gasteiger partial charge < -0.3 is 0 Å². The van der Waals surface area contributed by atoms with Crippen LogP contribution in [0.25, 0.3) is 0 Å². The van der Waals surface area contributed by atoms with Gasteiger partial charge >= 0.3 is 0 Å². The summed E-state index contributed by atoms with van der Waals surface area (Å²) in [5.41, 5.74) is 0.512. The van der Waals surface area contributed by atoms with Gasteiger partial charge in [-0.25, -0.2) is 0 Å². The molecule has 0 bridgehead atoms. The van der Waals surface area contributed by atoms with E-state index in [1.54, 1.807) is 37.3 Å². The van der Waals surface area contributed by atoms with E-state index in [4.69, 9.17) is 0 Å². The van der Waals surface area contributed by atoms with Crippen molar-refractivity contribution in [2.45, 2.75) is 18.6 Å². The van der Waals surface area contributed by atoms with Crippen molar-refractivity contribution in [3.8, 4) is 0 Å². The Morgan fingerprint density at radius 2 is 1.89 bits per heavy atom. The highest BCUT2D eigenvalue weighted by atomic mass is 32.2. The van der Waals surface area contributed by atoms with E-state index in [2.05, 4.69) is 4.18 Å². The normalized spacial score (nSPS) is 14.8. The van der Waals surface area contributed by atoms with Crippen molar-refractivity contribution in [1.29, 1.82) is 0 Å². The van der Waals surface area contributed by atoms with Gasteiger partial charge in [-0.15, -0.1) is 0 Å². The maximum absolute atomic E-state index is 12.0. The van der Waals surface area contributed by atoms with Gasteiger partial charge in [0.1, 0.15) is 5.25 Å². The van der Waals surface area contributed by atoms with Crippen molar-refractivity contribution >= 4 is 10.1 Å². The van der Waals surface area contributed by atoms with Gasteiger partial charge in [0.2, 0.25) is 6.54 Å². The smallest absolute Gasteiger partial charge is 0.273 e. The number of nitro groups is 1. The predicted molar refractivity (Wildman–Crippen MR) is 70.8 cm³/mol. The van der Waals surface area contributed by atoms with Crippen molar-refractivity contribution in [1.82, 2.24) is 0 Å². The third-order valence-electron chi connectivity index (χ3n) is 3.01. The van der Waals surface area contributed by atoms with Crippen LogP contribution in [-0.2, 0) is 14.3 Å². The molecule has 0 N–H and O–H groups in total. The molecule has 0 saturated carbocycles. The molecule has 2 atom stereocenters. The van der Waals surface area contributed by atoms with Crippen molar-refractivity contribution in [3.63, 3.8) is 0 Å². The fourth-order valence-corrected chi connectivity index (χ4v) is 3.50. The molecule has 1 rings (SSSR count). The van der Waals surface area contributed by atoms with Crippen LogP contribution in [0.2, 0.25) is 0 Å². The summed E-state index contributed by atoms with van der Waals surface area (Å²) >= 11 is 0. The van der Waals surface area contributed by atoms with Gasteiger partial charge in [0.15, 0.2) is 0 Å². The molecule has 106 valence electrons. The maximum atomic E-state index is 12.0. The second-order valence-electron chi connectivity index (χ2n) is 4.17. The quantitative estimate of drug-likeness (QED) is 0.435. The van der Waals surface area contributed by atoms with Crippen LogP contribution in [0.1, 0.15) is 24.2 Å². The number of nitrogens with zero attached hydrogens (tertiary/aromatic N) is 1. The molecule has 0 fully saturated rings. The SMILES string of the molecule is CC[C@@H](C[N+](=O)[O-])[C@H](c1ccccc1)S(=O)(=O)OC. The predicted octanol–water partition coefficient (Wildman–Crippen LogP) is 2.01. The average Bonchev–Trinajstić information content (AvgIpc) is 2.38. The van der Waals surface area contributed by atoms with Gasteiger partial charge in [0.05, 0.1) is 7.11 Å². The summed E-state index contributed by atoms with van der Waals surface area (Å²) in [6, 6.07) is 8.45. The summed E-state index contributed by atoms with van der Waals surface area (Å²) < 4.78 is 28.6. The largest absolute Gasteiger partial charge is 0.274 e. The lowest BCUT2D eigenvalue weighted by molar-refractivity contribution is -0.488. The second-order valence-corrected chi connectivity index (χ2v) is 6.00. The lowest BCUT2D eigenvalue weighted by Gasteiger charge is -2.22. The van der Waals surface area contributed by atoms with Crippen molar-refractivity contribution in [3.05, 3.63) is 46.0 Å². The standard InChI is InChI=1S/C12H17NO5S/c1-3-10(9-13(14)15)12(19(16,17)18-2)11-7-5-4-6-8-11/h4-8,10,12H,3,9H2,1-2H3/t10-,12+/m0/s1. The van der Waals surface area contributed by atoms with Gasteiger partial charge in [0, 0.05) is 10.8 Å². The Labute approximate surface area is 112 Å². The highest BCUT2D eigenvalue weighted by molar-refractivity contribution is 7.87. The molecule has 0 amide bonds. The summed E-state index contributed by atoms with van der Waals surface area (Å²) in [4.78, 5) is 10.2. The molecule has 0 aliphatic heterocycles. The van der Waals surface area contributed by atoms with Crippen LogP contribution in [0.3, 0.4) is 0 Å². The monoisotopic (exact) mass is 287 g/mol. The Bertz CT molecular complexity index is 514. The summed E-state index contributed by atoms with van der Waals surface area (Å²) in [6.07, 6.45) is 0.378. The zero-order chi connectivity index (χ0) is 14.5. The van der Waals surface area contributed by atoms with E-state index in [1.807, 2.05) is 0 Å². The van der Waals surface area contributed by atoms with Crippen LogP contribution in [0, 0.1) is 16.0 Å². The third kappa shape index (κ3) is 4.00. The van der Waals surface area contributed by atoms with E-state index in [0.717, 1.165) is 7.11 Å². The number of rotatable bonds is 7. The second kappa shape index (κ2) is 6.63. The van der Waals surface area contributed by atoms with Gasteiger partial charge in [-0.1, -0.05) is 37.3 Å². The molecular weight excluding hydrogens is 270 g/mol. The van der Waals surface area contributed by atoms with Gasteiger partial charge in [0.25, 0.3) is 10.1 Å². The van der Waals surface area contributed by atoms with E-state index < -0.39 is 32.8 Å². The Morgan fingerprint density at radius 1 is 1.32 bits per heavy atom. The Kier molecular flexibility index (Phi) is 5.44. The van der Waals surface area contributed by atoms with Crippen LogP contribution in [-0.4, -0.2) is 27.0 Å². The van der Waals surface area contributed by atoms with E-state index in [9.17, 15) is 18.5 Å². The fraction of sp³-hybridized carbons (Fsp3) is 0.500. The number of hydrogen-bond donors (Lipinski definition) is 0. The minimum absolute atomic E-state index is 0.378. The molecule has 0 aliphatic carbocycles. The first-order valence-electron chi connectivity index (χ1n) is 5.88. The van der Waals surface area contributed by atoms with E-state index in [0.29, 0.717) is 12.0 Å². The Balaban J connectivity index is 3.23. The molecule has 6 nitrogen and oxygen atoms in total. The Hall–Kier alpha value is -1.47.